The summed E-state index contributed by atoms with van der Waals surface area (Å²) in [6.07, 6.45) is 2.59. The fourth-order valence-corrected chi connectivity index (χ4v) is 3.09. The van der Waals surface area contributed by atoms with Crippen molar-refractivity contribution < 1.29 is 14.5 Å². The van der Waals surface area contributed by atoms with Crippen molar-refractivity contribution in [2.75, 3.05) is 23.7 Å². The molecule has 0 saturated heterocycles. The van der Waals surface area contributed by atoms with Gasteiger partial charge in [-0.3, -0.25) is 4.79 Å². The monoisotopic (exact) mass is 427 g/mol. The summed E-state index contributed by atoms with van der Waals surface area (Å²) in [6.45, 7) is 7.70. The summed E-state index contributed by atoms with van der Waals surface area (Å²) in [7, 11) is 0. The Labute approximate surface area is 178 Å². The highest BCUT2D eigenvalue weighted by Crippen LogP contribution is 2.23. The van der Waals surface area contributed by atoms with E-state index < -0.39 is 5.91 Å². The molecule has 1 amide bonds. The largest absolute Gasteiger partial charge is 0.507 e. The van der Waals surface area contributed by atoms with E-state index >= 15 is 0 Å². The minimum absolute atomic E-state index is 0.0378. The van der Waals surface area contributed by atoms with Crippen LogP contribution in [-0.4, -0.2) is 55.6 Å². The Balaban J connectivity index is 1.76. The number of carbonyl (C=O) groups excluding carboxylic acids is 1. The molecule has 31 heavy (non-hydrogen) atoms. The van der Waals surface area contributed by atoms with Crippen LogP contribution in [0.4, 0.5) is 11.5 Å². The molecule has 2 aromatic heterocycles. The van der Waals surface area contributed by atoms with Gasteiger partial charge in [-0.1, -0.05) is 18.6 Å². The van der Waals surface area contributed by atoms with Crippen LogP contribution in [0.5, 0.6) is 5.75 Å². The first-order chi connectivity index (χ1) is 15.0. The van der Waals surface area contributed by atoms with Gasteiger partial charge in [0.1, 0.15) is 5.75 Å². The summed E-state index contributed by atoms with van der Waals surface area (Å²) in [5.41, 5.74) is 10.1. The Hall–Kier alpha value is -3.96. The van der Waals surface area contributed by atoms with Crippen LogP contribution in [0.1, 0.15) is 48.9 Å². The van der Waals surface area contributed by atoms with E-state index in [2.05, 4.69) is 40.7 Å². The first-order valence-corrected chi connectivity index (χ1v) is 9.94. The number of nitrogens with one attached hydrogen (secondary N) is 1. The Morgan fingerprint density at radius 1 is 1.32 bits per heavy atom. The number of nitrogen functional groups attached to an aromatic ring is 1. The maximum absolute atomic E-state index is 12.6. The van der Waals surface area contributed by atoms with E-state index in [9.17, 15) is 9.90 Å². The van der Waals surface area contributed by atoms with Crippen LogP contribution in [0.15, 0.2) is 27.9 Å². The third-order valence-corrected chi connectivity index (χ3v) is 4.67. The first kappa shape index (κ1) is 21.7. The molecule has 0 aliphatic heterocycles. The molecule has 0 aliphatic rings. The Morgan fingerprint density at radius 2 is 2.10 bits per heavy atom. The molecule has 2 heterocycles. The highest BCUT2D eigenvalue weighted by molar-refractivity contribution is 5.94. The Bertz CT molecular complexity index is 1070. The normalized spacial score (nSPS) is 11.2. The smallest absolute Gasteiger partial charge is 0.293 e. The minimum Gasteiger partial charge on any atom is -0.507 e. The fraction of sp³-hybridized carbons (Fsp3) is 0.368. The van der Waals surface area contributed by atoms with E-state index in [0.29, 0.717) is 17.7 Å². The van der Waals surface area contributed by atoms with E-state index in [1.807, 2.05) is 26.8 Å². The SMILES string of the molecule is CCCc1c(C(=O)N/N=C/c2ccc(N(CC)CC)cc2O)nnn1-c1nonc1N. The maximum Gasteiger partial charge on any atom is 0.293 e. The number of hydrogen-bond acceptors (Lipinski definition) is 10. The summed E-state index contributed by atoms with van der Waals surface area (Å²) in [4.78, 5) is 14.7. The number of aromatic hydroxyl groups is 1. The average Bonchev–Trinajstić information content (AvgIpc) is 3.36. The van der Waals surface area contributed by atoms with Crippen molar-refractivity contribution in [3.05, 3.63) is 35.2 Å². The molecular formula is C19H25N9O3. The molecule has 3 rings (SSSR count). The van der Waals surface area contributed by atoms with Gasteiger partial charge in [0.2, 0.25) is 11.6 Å². The van der Waals surface area contributed by atoms with Gasteiger partial charge in [0.25, 0.3) is 5.91 Å². The molecule has 0 bridgehead atoms. The number of anilines is 2. The van der Waals surface area contributed by atoms with Gasteiger partial charge in [0.15, 0.2) is 5.69 Å². The topological polar surface area (TPSA) is 161 Å². The van der Waals surface area contributed by atoms with E-state index in [1.54, 1.807) is 12.1 Å². The predicted octanol–water partition coefficient (Wildman–Crippen LogP) is 1.50. The fourth-order valence-electron chi connectivity index (χ4n) is 3.09. The van der Waals surface area contributed by atoms with E-state index in [4.69, 9.17) is 5.73 Å². The molecule has 0 spiro atoms. The molecule has 0 fully saturated rings. The number of nitrogens with two attached hydrogens (primary N) is 1. The third-order valence-electron chi connectivity index (χ3n) is 4.67. The number of carbonyl (C=O) groups is 1. The molecule has 0 saturated carbocycles. The van der Waals surface area contributed by atoms with Crippen LogP contribution < -0.4 is 16.1 Å². The highest BCUT2D eigenvalue weighted by atomic mass is 16.6. The lowest BCUT2D eigenvalue weighted by Gasteiger charge is -2.21. The van der Waals surface area contributed by atoms with Crippen LogP contribution in [0.25, 0.3) is 5.82 Å². The standard InChI is InChI=1S/C19H25N9O3/c1-4-7-14-16(22-26-28(14)18-17(20)24-31-25-18)19(30)23-21-11-12-8-9-13(10-15(12)29)27(5-2)6-3/h8-11,29H,4-7H2,1-3H3,(H2,20,24)(H,23,30)/b21-11+. The number of rotatable bonds is 9. The van der Waals surface area contributed by atoms with Crippen LogP contribution in [0, 0.1) is 0 Å². The molecule has 0 radical (unpaired) electrons. The second-order valence-corrected chi connectivity index (χ2v) is 6.63. The summed E-state index contributed by atoms with van der Waals surface area (Å²) < 4.78 is 5.93. The van der Waals surface area contributed by atoms with Crippen molar-refractivity contribution >= 4 is 23.6 Å². The lowest BCUT2D eigenvalue weighted by molar-refractivity contribution is 0.0949. The minimum atomic E-state index is -0.555. The Morgan fingerprint density at radius 3 is 2.71 bits per heavy atom. The summed E-state index contributed by atoms with van der Waals surface area (Å²) in [5, 5.41) is 29.3. The van der Waals surface area contributed by atoms with E-state index in [1.165, 1.54) is 10.9 Å². The van der Waals surface area contributed by atoms with Crippen molar-refractivity contribution in [3.63, 3.8) is 0 Å². The van der Waals surface area contributed by atoms with Gasteiger partial charge in [-0.15, -0.1) is 5.10 Å². The number of phenols is 1. The van der Waals surface area contributed by atoms with Crippen LogP contribution in [-0.2, 0) is 6.42 Å². The first-order valence-electron chi connectivity index (χ1n) is 9.94. The second-order valence-electron chi connectivity index (χ2n) is 6.63. The van der Waals surface area contributed by atoms with Crippen molar-refractivity contribution in [1.82, 2.24) is 30.7 Å². The number of hydrazone groups is 1. The van der Waals surface area contributed by atoms with Gasteiger partial charge >= 0.3 is 0 Å². The summed E-state index contributed by atoms with van der Waals surface area (Å²) >= 11 is 0. The van der Waals surface area contributed by atoms with Crippen LogP contribution in [0.2, 0.25) is 0 Å². The molecule has 0 atom stereocenters. The molecule has 4 N–H and O–H groups in total. The van der Waals surface area contributed by atoms with Gasteiger partial charge in [0.05, 0.1) is 11.9 Å². The lowest BCUT2D eigenvalue weighted by atomic mass is 10.2. The molecule has 0 unspecified atom stereocenters. The molecule has 1 aromatic carbocycles. The molecular weight excluding hydrogens is 402 g/mol. The summed E-state index contributed by atoms with van der Waals surface area (Å²) in [5.74, 6) is -0.290. The molecule has 164 valence electrons. The van der Waals surface area contributed by atoms with Gasteiger partial charge in [0, 0.05) is 30.4 Å². The number of hydrogen-bond donors (Lipinski definition) is 3. The zero-order chi connectivity index (χ0) is 22.4. The summed E-state index contributed by atoms with van der Waals surface area (Å²) in [6, 6.07) is 5.28. The Kier molecular flexibility index (Phi) is 6.80. The van der Waals surface area contributed by atoms with Crippen LogP contribution in [0.3, 0.4) is 0 Å². The quantitative estimate of drug-likeness (QED) is 0.339. The number of aromatic nitrogens is 5. The van der Waals surface area contributed by atoms with Crippen LogP contribution >= 0.6 is 0 Å². The van der Waals surface area contributed by atoms with E-state index in [0.717, 1.165) is 25.2 Å². The van der Waals surface area contributed by atoms with Gasteiger partial charge in [-0.25, -0.2) is 10.1 Å². The number of benzene rings is 1. The van der Waals surface area contributed by atoms with Gasteiger partial charge in [-0.05, 0) is 42.7 Å². The van der Waals surface area contributed by atoms with Crippen molar-refractivity contribution in [2.45, 2.75) is 33.6 Å². The van der Waals surface area contributed by atoms with Crippen molar-refractivity contribution in [1.29, 1.82) is 0 Å². The molecule has 3 aromatic rings. The van der Waals surface area contributed by atoms with Gasteiger partial charge in [-0.2, -0.15) is 9.78 Å². The zero-order valence-electron chi connectivity index (χ0n) is 17.6. The van der Waals surface area contributed by atoms with E-state index in [-0.39, 0.29) is 23.1 Å². The molecule has 12 nitrogen and oxygen atoms in total. The second kappa shape index (κ2) is 9.69. The number of amides is 1. The maximum atomic E-state index is 12.6. The molecule has 12 heteroatoms. The lowest BCUT2D eigenvalue weighted by Crippen LogP contribution is -2.21. The predicted molar refractivity (Wildman–Crippen MR) is 114 cm³/mol. The molecule has 0 aliphatic carbocycles. The van der Waals surface area contributed by atoms with Crippen molar-refractivity contribution in [3.8, 4) is 11.6 Å². The van der Waals surface area contributed by atoms with Gasteiger partial charge < -0.3 is 15.7 Å². The third kappa shape index (κ3) is 4.63. The number of phenolic OH excluding ortho intramolecular Hbond substituents is 1. The zero-order valence-corrected chi connectivity index (χ0v) is 17.6. The van der Waals surface area contributed by atoms with Crippen molar-refractivity contribution in [2.24, 2.45) is 5.10 Å². The highest BCUT2D eigenvalue weighted by Gasteiger charge is 2.23. The average molecular weight is 427 g/mol. The number of nitrogens with zero attached hydrogens (tertiary/aromatic N) is 7.